The Hall–Kier alpha value is -2.26. The number of nitrogens with zero attached hydrogens (tertiary/aromatic N) is 2. The summed E-state index contributed by atoms with van der Waals surface area (Å²) in [6.45, 7) is 3.99. The highest BCUT2D eigenvalue weighted by molar-refractivity contribution is 5.85. The van der Waals surface area contributed by atoms with Crippen molar-refractivity contribution in [3.05, 3.63) is 71.3 Å². The van der Waals surface area contributed by atoms with Crippen molar-refractivity contribution < 1.29 is 0 Å². The van der Waals surface area contributed by atoms with Gasteiger partial charge in [-0.3, -0.25) is 9.97 Å². The molecule has 3 heteroatoms. The number of hydrogen-bond acceptors (Lipinski definition) is 3. The Morgan fingerprint density at radius 3 is 2.55 bits per heavy atom. The van der Waals surface area contributed by atoms with Crippen LogP contribution in [0.3, 0.4) is 0 Å². The molecule has 0 aliphatic rings. The molecule has 0 radical (unpaired) electrons. The summed E-state index contributed by atoms with van der Waals surface area (Å²) < 4.78 is 0. The van der Waals surface area contributed by atoms with Crippen LogP contribution in [-0.2, 0) is 0 Å². The molecule has 0 fully saturated rings. The number of aromatic nitrogens is 2. The van der Waals surface area contributed by atoms with E-state index in [1.165, 1.54) is 0 Å². The lowest BCUT2D eigenvalue weighted by atomic mass is 9.95. The number of rotatable bonds is 2. The van der Waals surface area contributed by atoms with Crippen molar-refractivity contribution in [3.8, 4) is 0 Å². The van der Waals surface area contributed by atoms with E-state index in [9.17, 15) is 0 Å². The van der Waals surface area contributed by atoms with Crippen molar-refractivity contribution in [1.82, 2.24) is 9.97 Å². The fourth-order valence-electron chi connectivity index (χ4n) is 2.64. The van der Waals surface area contributed by atoms with Crippen LogP contribution in [-0.4, -0.2) is 9.97 Å². The highest BCUT2D eigenvalue weighted by atomic mass is 14.7. The Morgan fingerprint density at radius 2 is 1.80 bits per heavy atom. The molecule has 3 nitrogen and oxygen atoms in total. The normalized spacial score (nSPS) is 12.6. The van der Waals surface area contributed by atoms with E-state index in [0.29, 0.717) is 0 Å². The van der Waals surface area contributed by atoms with Crippen LogP contribution in [0.1, 0.15) is 28.6 Å². The molecule has 1 atom stereocenters. The molecule has 3 rings (SSSR count). The van der Waals surface area contributed by atoms with Gasteiger partial charge >= 0.3 is 0 Å². The summed E-state index contributed by atoms with van der Waals surface area (Å²) >= 11 is 0. The minimum atomic E-state index is -0.151. The lowest BCUT2D eigenvalue weighted by molar-refractivity contribution is 0.868. The molecule has 0 saturated heterocycles. The monoisotopic (exact) mass is 263 g/mol. The Bertz CT molecular complexity index is 740. The Labute approximate surface area is 118 Å². The maximum atomic E-state index is 6.47. The summed E-state index contributed by atoms with van der Waals surface area (Å²) in [7, 11) is 0. The number of pyridine rings is 2. The number of hydrogen-bond donors (Lipinski definition) is 1. The van der Waals surface area contributed by atoms with Crippen molar-refractivity contribution in [3.63, 3.8) is 0 Å². The summed E-state index contributed by atoms with van der Waals surface area (Å²) in [5, 5.41) is 2.27. The van der Waals surface area contributed by atoms with Gasteiger partial charge in [-0.2, -0.15) is 0 Å². The summed E-state index contributed by atoms with van der Waals surface area (Å²) in [5.41, 5.74) is 10.7. The van der Waals surface area contributed by atoms with Gasteiger partial charge in [-0.25, -0.2) is 0 Å². The van der Waals surface area contributed by atoms with Gasteiger partial charge in [-0.15, -0.1) is 0 Å². The van der Waals surface area contributed by atoms with Gasteiger partial charge in [-0.1, -0.05) is 18.2 Å². The third-order valence-corrected chi connectivity index (χ3v) is 3.51. The van der Waals surface area contributed by atoms with Gasteiger partial charge < -0.3 is 5.73 Å². The molecule has 0 saturated carbocycles. The number of benzene rings is 1. The van der Waals surface area contributed by atoms with Crippen LogP contribution >= 0.6 is 0 Å². The topological polar surface area (TPSA) is 51.8 Å². The van der Waals surface area contributed by atoms with Crippen LogP contribution in [0.25, 0.3) is 10.8 Å². The second-order valence-electron chi connectivity index (χ2n) is 5.10. The van der Waals surface area contributed by atoms with Gasteiger partial charge in [0.1, 0.15) is 0 Å². The highest BCUT2D eigenvalue weighted by Gasteiger charge is 2.13. The second kappa shape index (κ2) is 5.02. The van der Waals surface area contributed by atoms with E-state index in [4.69, 9.17) is 5.73 Å². The number of fused-ring (bicyclic) bond motifs is 1. The zero-order chi connectivity index (χ0) is 14.1. The van der Waals surface area contributed by atoms with Gasteiger partial charge in [0, 0.05) is 29.2 Å². The SMILES string of the molecule is Cc1cc(C(N)c2cccc3cnccc23)cc(C)n1. The van der Waals surface area contributed by atoms with E-state index in [-0.39, 0.29) is 6.04 Å². The molecular weight excluding hydrogens is 246 g/mol. The van der Waals surface area contributed by atoms with E-state index in [1.807, 2.05) is 38.4 Å². The van der Waals surface area contributed by atoms with Crippen LogP contribution in [0.5, 0.6) is 0 Å². The van der Waals surface area contributed by atoms with Gasteiger partial charge in [0.25, 0.3) is 0 Å². The Morgan fingerprint density at radius 1 is 1.05 bits per heavy atom. The maximum absolute atomic E-state index is 6.47. The zero-order valence-electron chi connectivity index (χ0n) is 11.7. The van der Waals surface area contributed by atoms with Gasteiger partial charge in [-0.05, 0) is 48.6 Å². The average molecular weight is 263 g/mol. The third-order valence-electron chi connectivity index (χ3n) is 3.51. The summed E-state index contributed by atoms with van der Waals surface area (Å²) in [4.78, 5) is 8.57. The van der Waals surface area contributed by atoms with E-state index in [1.54, 1.807) is 0 Å². The van der Waals surface area contributed by atoms with E-state index in [2.05, 4.69) is 34.2 Å². The first kappa shape index (κ1) is 12.8. The predicted octanol–water partition coefficient (Wildman–Crippen LogP) is 3.29. The molecule has 0 amide bonds. The standard InChI is InChI=1S/C17H17N3/c1-11-8-14(9-12(2)20-11)17(18)16-5-3-4-13-10-19-7-6-15(13)16/h3-10,17H,18H2,1-2H3. The van der Waals surface area contributed by atoms with E-state index < -0.39 is 0 Å². The van der Waals surface area contributed by atoms with Crippen molar-refractivity contribution in [2.45, 2.75) is 19.9 Å². The highest BCUT2D eigenvalue weighted by Crippen LogP contribution is 2.27. The maximum Gasteiger partial charge on any atom is 0.0559 e. The molecule has 0 aliphatic carbocycles. The largest absolute Gasteiger partial charge is 0.320 e. The van der Waals surface area contributed by atoms with Crippen LogP contribution in [0.2, 0.25) is 0 Å². The van der Waals surface area contributed by atoms with Gasteiger partial charge in [0.15, 0.2) is 0 Å². The number of nitrogens with two attached hydrogens (primary N) is 1. The van der Waals surface area contributed by atoms with Crippen LogP contribution in [0, 0.1) is 13.8 Å². The summed E-state index contributed by atoms with van der Waals surface area (Å²) in [6.07, 6.45) is 3.68. The predicted molar refractivity (Wildman–Crippen MR) is 81.5 cm³/mol. The van der Waals surface area contributed by atoms with Crippen molar-refractivity contribution >= 4 is 10.8 Å². The summed E-state index contributed by atoms with van der Waals surface area (Å²) in [6, 6.07) is 12.1. The summed E-state index contributed by atoms with van der Waals surface area (Å²) in [5.74, 6) is 0. The second-order valence-corrected chi connectivity index (χ2v) is 5.10. The third kappa shape index (κ3) is 2.28. The first-order valence-electron chi connectivity index (χ1n) is 6.68. The minimum absolute atomic E-state index is 0.151. The van der Waals surface area contributed by atoms with Crippen LogP contribution < -0.4 is 5.73 Å². The Balaban J connectivity index is 2.15. The smallest absolute Gasteiger partial charge is 0.0559 e. The Kier molecular flexibility index (Phi) is 3.20. The molecule has 2 N–H and O–H groups in total. The molecule has 0 aliphatic heterocycles. The minimum Gasteiger partial charge on any atom is -0.320 e. The molecule has 3 aromatic rings. The average Bonchev–Trinajstić information content (AvgIpc) is 2.45. The first-order valence-corrected chi connectivity index (χ1v) is 6.68. The fourth-order valence-corrected chi connectivity index (χ4v) is 2.64. The zero-order valence-corrected chi connectivity index (χ0v) is 11.7. The molecule has 1 aromatic carbocycles. The fraction of sp³-hybridized carbons (Fsp3) is 0.176. The van der Waals surface area contributed by atoms with Crippen LogP contribution in [0.4, 0.5) is 0 Å². The van der Waals surface area contributed by atoms with Crippen molar-refractivity contribution in [2.24, 2.45) is 5.73 Å². The van der Waals surface area contributed by atoms with E-state index >= 15 is 0 Å². The quantitative estimate of drug-likeness (QED) is 0.771. The molecule has 100 valence electrons. The van der Waals surface area contributed by atoms with Gasteiger partial charge in [0.05, 0.1) is 6.04 Å². The molecule has 2 aromatic heterocycles. The van der Waals surface area contributed by atoms with Crippen molar-refractivity contribution in [2.75, 3.05) is 0 Å². The molecule has 20 heavy (non-hydrogen) atoms. The molecular formula is C17H17N3. The molecule has 0 bridgehead atoms. The first-order chi connectivity index (χ1) is 9.65. The molecule has 1 unspecified atom stereocenters. The van der Waals surface area contributed by atoms with Crippen molar-refractivity contribution in [1.29, 1.82) is 0 Å². The molecule has 0 spiro atoms. The number of aryl methyl sites for hydroxylation is 2. The van der Waals surface area contributed by atoms with E-state index in [0.717, 1.165) is 33.3 Å². The van der Waals surface area contributed by atoms with Gasteiger partial charge in [0.2, 0.25) is 0 Å². The molecule has 2 heterocycles. The van der Waals surface area contributed by atoms with Crippen LogP contribution in [0.15, 0.2) is 48.8 Å². The lowest BCUT2D eigenvalue weighted by Crippen LogP contribution is -2.13. The lowest BCUT2D eigenvalue weighted by Gasteiger charge is -2.16.